The molecule has 3 N–H and O–H groups in total. The maximum atomic E-state index is 15.9. The number of Topliss-reactive ketones (excluding diaryl/α,β-unsaturated/α-hetero) is 1. The van der Waals surface area contributed by atoms with Crippen LogP contribution < -0.4 is 15.4 Å². The van der Waals surface area contributed by atoms with E-state index in [1.54, 1.807) is 52.8 Å². The highest BCUT2D eigenvalue weighted by molar-refractivity contribution is 6.11. The smallest absolute Gasteiger partial charge is 0.257 e. The molecule has 0 bridgehead atoms. The van der Waals surface area contributed by atoms with Crippen LogP contribution in [0.1, 0.15) is 85.0 Å². The fraction of sp³-hybridized carbons (Fsp3) is 0.355. The first-order chi connectivity index (χ1) is 20.2. The average Bonchev–Trinajstić information content (AvgIpc) is 3.55. The number of anilines is 1. The molecule has 1 fully saturated rings. The lowest BCUT2D eigenvalue weighted by molar-refractivity contribution is -0.121. The summed E-state index contributed by atoms with van der Waals surface area (Å²) in [7, 11) is 0. The summed E-state index contributed by atoms with van der Waals surface area (Å²) >= 11 is 0. The van der Waals surface area contributed by atoms with Gasteiger partial charge in [0.2, 0.25) is 5.91 Å². The predicted molar refractivity (Wildman–Crippen MR) is 155 cm³/mol. The van der Waals surface area contributed by atoms with Gasteiger partial charge in [-0.3, -0.25) is 19.1 Å². The Morgan fingerprint density at radius 2 is 2.00 bits per heavy atom. The molecule has 10 nitrogen and oxygen atoms in total. The van der Waals surface area contributed by atoms with Gasteiger partial charge in [0.25, 0.3) is 5.91 Å². The molecule has 1 saturated carbocycles. The van der Waals surface area contributed by atoms with Crippen LogP contribution in [0, 0.1) is 5.82 Å². The molecule has 0 radical (unpaired) electrons. The van der Waals surface area contributed by atoms with Crippen molar-refractivity contribution >= 4 is 28.8 Å². The van der Waals surface area contributed by atoms with E-state index in [1.165, 1.54) is 19.1 Å². The minimum atomic E-state index is -0.911. The normalized spacial score (nSPS) is 13.6. The molecule has 1 aliphatic rings. The Balaban J connectivity index is 1.43. The van der Waals surface area contributed by atoms with Gasteiger partial charge in [-0.1, -0.05) is 0 Å². The van der Waals surface area contributed by atoms with Crippen LogP contribution in [0.5, 0.6) is 5.75 Å². The zero-order valence-electron chi connectivity index (χ0n) is 23.8. The molecular weight excluding hydrogens is 541 g/mol. The second-order valence-electron chi connectivity index (χ2n) is 10.5. The summed E-state index contributed by atoms with van der Waals surface area (Å²) < 4.78 is 25.0. The Hall–Kier alpha value is -4.51. The number of pyridine rings is 1. The van der Waals surface area contributed by atoms with E-state index in [4.69, 9.17) is 4.74 Å². The second kappa shape index (κ2) is 12.2. The number of hydrogen-bond donors (Lipinski definition) is 3. The zero-order valence-corrected chi connectivity index (χ0v) is 23.8. The summed E-state index contributed by atoms with van der Waals surface area (Å²) in [6.07, 6.45) is 6.94. The van der Waals surface area contributed by atoms with Crippen molar-refractivity contribution in [2.75, 3.05) is 18.5 Å². The monoisotopic (exact) mass is 575 g/mol. The quantitative estimate of drug-likeness (QED) is 0.160. The number of nitrogens with one attached hydrogen (secondary N) is 2. The Morgan fingerprint density at radius 3 is 2.69 bits per heavy atom. The number of rotatable bonds is 12. The maximum Gasteiger partial charge on any atom is 0.257 e. The van der Waals surface area contributed by atoms with Crippen LogP contribution in [-0.4, -0.2) is 50.0 Å². The molecule has 1 atom stereocenters. The molecule has 1 aromatic carbocycles. The number of aliphatic hydroxyl groups excluding tert-OH is 1. The highest BCUT2D eigenvalue weighted by atomic mass is 19.1. The number of aliphatic hydroxyl groups is 1. The number of ketones is 1. The van der Waals surface area contributed by atoms with Crippen molar-refractivity contribution in [3.8, 4) is 16.9 Å². The molecule has 4 aromatic rings. The number of carbonyl (C=O) groups is 3. The third kappa shape index (κ3) is 6.20. The Morgan fingerprint density at radius 1 is 1.21 bits per heavy atom. The van der Waals surface area contributed by atoms with Crippen LogP contribution in [0.2, 0.25) is 0 Å². The van der Waals surface area contributed by atoms with Crippen LogP contribution in [0.25, 0.3) is 16.6 Å². The number of aromatic nitrogens is 3. The number of carbonyl (C=O) groups excluding carboxylic acids is 3. The summed E-state index contributed by atoms with van der Waals surface area (Å²) in [4.78, 5) is 37.7. The predicted octanol–water partition coefficient (Wildman–Crippen LogP) is 5.08. The summed E-state index contributed by atoms with van der Waals surface area (Å²) in [6.45, 7) is 5.66. The third-order valence-corrected chi connectivity index (χ3v) is 7.20. The molecule has 3 heterocycles. The van der Waals surface area contributed by atoms with Crippen molar-refractivity contribution in [1.29, 1.82) is 0 Å². The number of hydrogen-bond acceptors (Lipinski definition) is 6. The van der Waals surface area contributed by atoms with Gasteiger partial charge in [0.05, 0.1) is 47.4 Å². The van der Waals surface area contributed by atoms with Crippen LogP contribution in [0.15, 0.2) is 48.9 Å². The summed E-state index contributed by atoms with van der Waals surface area (Å²) in [5.74, 6) is -1.14. The van der Waals surface area contributed by atoms with Crippen molar-refractivity contribution in [3.05, 3.63) is 71.6 Å². The second-order valence-corrected chi connectivity index (χ2v) is 10.5. The van der Waals surface area contributed by atoms with Crippen LogP contribution >= 0.6 is 0 Å². The van der Waals surface area contributed by atoms with Gasteiger partial charge in [-0.2, -0.15) is 5.10 Å². The van der Waals surface area contributed by atoms with E-state index in [-0.39, 0.29) is 40.8 Å². The van der Waals surface area contributed by atoms with Gasteiger partial charge in [-0.05, 0) is 62.9 Å². The van der Waals surface area contributed by atoms with Crippen molar-refractivity contribution in [3.63, 3.8) is 0 Å². The first-order valence-corrected chi connectivity index (χ1v) is 14.1. The number of ether oxygens (including phenoxy) is 1. The minimum absolute atomic E-state index is 0.0556. The van der Waals surface area contributed by atoms with Gasteiger partial charge in [-0.15, -0.1) is 0 Å². The number of fused-ring (bicyclic) bond motifs is 1. The molecule has 1 aliphatic carbocycles. The Kier molecular flexibility index (Phi) is 8.39. The summed E-state index contributed by atoms with van der Waals surface area (Å²) in [5, 5.41) is 20.1. The lowest BCUT2D eigenvalue weighted by atomic mass is 10.0. The van der Waals surface area contributed by atoms with Crippen molar-refractivity contribution in [2.24, 2.45) is 0 Å². The fourth-order valence-electron chi connectivity index (χ4n) is 4.82. The Bertz CT molecular complexity index is 1650. The molecule has 5 rings (SSSR count). The van der Waals surface area contributed by atoms with Gasteiger partial charge >= 0.3 is 0 Å². The van der Waals surface area contributed by atoms with Crippen LogP contribution in [-0.2, 0) is 4.79 Å². The molecule has 0 aliphatic heterocycles. The lowest BCUT2D eigenvalue weighted by Gasteiger charge is -2.14. The molecule has 220 valence electrons. The average molecular weight is 576 g/mol. The van der Waals surface area contributed by atoms with Crippen molar-refractivity contribution in [1.82, 2.24) is 19.5 Å². The van der Waals surface area contributed by atoms with Crippen molar-refractivity contribution in [2.45, 2.75) is 58.6 Å². The molecule has 0 saturated heterocycles. The largest absolute Gasteiger partial charge is 0.493 e. The number of nitrogens with zero attached hydrogens (tertiary/aromatic N) is 3. The SMILES string of the molecule is CCNC(=O)CCCOc1ccn2c(C(C)=O)cc(C(=O)Nc3cc(C(C)O)cc(-c4cnn(C5CC5)c4)c3F)c2c1. The molecular formula is C31H34FN5O5. The fourth-order valence-corrected chi connectivity index (χ4v) is 4.82. The van der Waals surface area contributed by atoms with Gasteiger partial charge in [0.15, 0.2) is 11.6 Å². The van der Waals surface area contributed by atoms with Gasteiger partial charge in [0.1, 0.15) is 5.75 Å². The first-order valence-electron chi connectivity index (χ1n) is 14.1. The highest BCUT2D eigenvalue weighted by Gasteiger charge is 2.26. The molecule has 42 heavy (non-hydrogen) atoms. The zero-order chi connectivity index (χ0) is 30.0. The number of amides is 2. The molecule has 3 aromatic heterocycles. The van der Waals surface area contributed by atoms with E-state index in [0.717, 1.165) is 12.8 Å². The molecule has 0 spiro atoms. The highest BCUT2D eigenvalue weighted by Crippen LogP contribution is 2.37. The van der Waals surface area contributed by atoms with E-state index in [1.807, 2.05) is 6.92 Å². The molecule has 11 heteroatoms. The summed E-state index contributed by atoms with van der Waals surface area (Å²) in [5.41, 5.74) is 1.91. The van der Waals surface area contributed by atoms with Crippen molar-refractivity contribution < 1.29 is 28.6 Å². The summed E-state index contributed by atoms with van der Waals surface area (Å²) in [6, 6.07) is 8.04. The lowest BCUT2D eigenvalue weighted by Crippen LogP contribution is -2.22. The van der Waals surface area contributed by atoms with Crippen LogP contribution in [0.4, 0.5) is 10.1 Å². The maximum absolute atomic E-state index is 15.9. The standard InChI is InChI=1S/C31H34FN5O5/c1-4-33-29(40)6-5-11-42-23-9-10-36-27(19(3)39)15-25(28(36)14-23)31(41)35-26-13-20(18(2)38)12-24(30(26)32)21-16-34-37(17-21)22-7-8-22/h9-10,12-18,22,38H,4-8,11H2,1-3H3,(H,33,40)(H,35,41). The minimum Gasteiger partial charge on any atom is -0.493 e. The number of halogens is 1. The molecule has 1 unspecified atom stereocenters. The van der Waals surface area contributed by atoms with Gasteiger partial charge in [0, 0.05) is 49.5 Å². The Labute approximate surface area is 242 Å². The van der Waals surface area contributed by atoms with E-state index >= 15 is 4.39 Å². The first kappa shape index (κ1) is 29.0. The van der Waals surface area contributed by atoms with E-state index in [9.17, 15) is 19.5 Å². The van der Waals surface area contributed by atoms with Crippen LogP contribution in [0.3, 0.4) is 0 Å². The van der Waals surface area contributed by atoms with Gasteiger partial charge in [-0.25, -0.2) is 4.39 Å². The van der Waals surface area contributed by atoms with E-state index in [0.29, 0.717) is 47.8 Å². The van der Waals surface area contributed by atoms with E-state index in [2.05, 4.69) is 15.7 Å². The van der Waals surface area contributed by atoms with Gasteiger partial charge < -0.3 is 24.9 Å². The topological polar surface area (TPSA) is 127 Å². The third-order valence-electron chi connectivity index (χ3n) is 7.20. The molecule has 2 amide bonds. The van der Waals surface area contributed by atoms with E-state index < -0.39 is 17.8 Å². The number of benzene rings is 1.